The molecule has 8 nitrogen and oxygen atoms in total. The highest BCUT2D eigenvalue weighted by Crippen LogP contribution is 2.40. The Kier molecular flexibility index (Phi) is 9.27. The van der Waals surface area contributed by atoms with Crippen LogP contribution >= 0.6 is 0 Å². The van der Waals surface area contributed by atoms with Crippen molar-refractivity contribution in [1.82, 2.24) is 9.80 Å². The van der Waals surface area contributed by atoms with Gasteiger partial charge in [-0.15, -0.1) is 0 Å². The summed E-state index contributed by atoms with van der Waals surface area (Å²) >= 11 is 0. The van der Waals surface area contributed by atoms with Crippen molar-refractivity contribution >= 4 is 19.2 Å². The summed E-state index contributed by atoms with van der Waals surface area (Å²) in [4.78, 5) is 31.0. The van der Waals surface area contributed by atoms with Crippen molar-refractivity contribution in [3.63, 3.8) is 0 Å². The van der Waals surface area contributed by atoms with Crippen LogP contribution in [0.2, 0.25) is 6.32 Å². The van der Waals surface area contributed by atoms with Gasteiger partial charge in [0, 0.05) is 12.6 Å². The van der Waals surface area contributed by atoms with Crippen molar-refractivity contribution in [2.75, 3.05) is 20.6 Å². The van der Waals surface area contributed by atoms with E-state index in [0.29, 0.717) is 32.1 Å². The second-order valence-electron chi connectivity index (χ2n) is 12.9. The summed E-state index contributed by atoms with van der Waals surface area (Å²) in [5, 5.41) is 0. The van der Waals surface area contributed by atoms with Gasteiger partial charge in [0.2, 0.25) is 0 Å². The standard InChI is InChI=1S/C29H47BN2O6/c1-26(2,3)36-25(34)32-20-23(31(8)9)19-29(32,24(33)35-21-22-15-11-10-12-16-22)17-13-14-18-30-37-27(4,5)28(6,7)38-30/h10-12,15-16,23H,13-14,17-21H2,1-9H3/t23?,29-/m0/s1. The van der Waals surface area contributed by atoms with Crippen LogP contribution in [0.1, 0.15) is 79.7 Å². The van der Waals surface area contributed by atoms with Crippen LogP contribution in [0.4, 0.5) is 4.79 Å². The number of hydrogen-bond donors (Lipinski definition) is 0. The molecule has 2 fully saturated rings. The molecule has 2 aliphatic rings. The first-order valence-electron chi connectivity index (χ1n) is 13.8. The quantitative estimate of drug-likeness (QED) is 0.244. The molecule has 9 heteroatoms. The van der Waals surface area contributed by atoms with Crippen LogP contribution in [-0.2, 0) is 30.2 Å². The van der Waals surface area contributed by atoms with Gasteiger partial charge in [-0.05, 0) is 87.3 Å². The maximum absolute atomic E-state index is 13.9. The van der Waals surface area contributed by atoms with E-state index in [4.69, 9.17) is 18.8 Å². The maximum Gasteiger partial charge on any atom is 0.457 e. The summed E-state index contributed by atoms with van der Waals surface area (Å²) in [6.45, 7) is 14.3. The minimum Gasteiger partial charge on any atom is -0.459 e. The van der Waals surface area contributed by atoms with Crippen LogP contribution in [0, 0.1) is 0 Å². The third kappa shape index (κ3) is 7.10. The van der Waals surface area contributed by atoms with Gasteiger partial charge in [-0.1, -0.05) is 43.2 Å². The lowest BCUT2D eigenvalue weighted by Gasteiger charge is -2.37. The molecule has 0 spiro atoms. The molecule has 0 saturated carbocycles. The van der Waals surface area contributed by atoms with Crippen molar-refractivity contribution in [3.8, 4) is 0 Å². The van der Waals surface area contributed by atoms with Crippen molar-refractivity contribution in [3.05, 3.63) is 35.9 Å². The summed E-state index contributed by atoms with van der Waals surface area (Å²) in [6.07, 6.45) is 2.70. The van der Waals surface area contributed by atoms with Gasteiger partial charge in [0.15, 0.2) is 0 Å². The van der Waals surface area contributed by atoms with Gasteiger partial charge in [-0.3, -0.25) is 4.90 Å². The lowest BCUT2D eigenvalue weighted by molar-refractivity contribution is -0.158. The van der Waals surface area contributed by atoms with Crippen LogP contribution < -0.4 is 0 Å². The molecule has 0 aliphatic carbocycles. The molecule has 3 rings (SSSR count). The van der Waals surface area contributed by atoms with E-state index < -0.39 is 17.2 Å². The molecule has 1 aromatic carbocycles. The molecule has 0 radical (unpaired) electrons. The zero-order chi connectivity index (χ0) is 28.4. The van der Waals surface area contributed by atoms with Gasteiger partial charge >= 0.3 is 19.2 Å². The Morgan fingerprint density at radius 1 is 1.05 bits per heavy atom. The second kappa shape index (κ2) is 11.6. The third-order valence-electron chi connectivity index (χ3n) is 8.00. The van der Waals surface area contributed by atoms with Crippen molar-refractivity contribution in [1.29, 1.82) is 0 Å². The van der Waals surface area contributed by atoms with Gasteiger partial charge in [-0.25, -0.2) is 9.59 Å². The monoisotopic (exact) mass is 530 g/mol. The van der Waals surface area contributed by atoms with E-state index in [-0.39, 0.29) is 36.9 Å². The van der Waals surface area contributed by atoms with E-state index >= 15 is 0 Å². The summed E-state index contributed by atoms with van der Waals surface area (Å²) in [5.41, 5.74) is -1.63. The lowest BCUT2D eigenvalue weighted by Crippen LogP contribution is -2.55. The lowest BCUT2D eigenvalue weighted by atomic mass is 9.80. The number of likely N-dealkylation sites (tertiary alicyclic amines) is 1. The highest BCUT2D eigenvalue weighted by atomic mass is 16.7. The Morgan fingerprint density at radius 3 is 2.21 bits per heavy atom. The van der Waals surface area contributed by atoms with Crippen LogP contribution in [0.25, 0.3) is 0 Å². The van der Waals surface area contributed by atoms with Gasteiger partial charge < -0.3 is 23.7 Å². The smallest absolute Gasteiger partial charge is 0.457 e. The molecule has 2 saturated heterocycles. The zero-order valence-corrected chi connectivity index (χ0v) is 24.8. The largest absolute Gasteiger partial charge is 0.459 e. The van der Waals surface area contributed by atoms with Gasteiger partial charge in [-0.2, -0.15) is 0 Å². The first-order valence-corrected chi connectivity index (χ1v) is 13.8. The molecule has 212 valence electrons. The van der Waals surface area contributed by atoms with E-state index in [1.807, 2.05) is 92.9 Å². The molecule has 1 amide bonds. The second-order valence-corrected chi connectivity index (χ2v) is 12.9. The third-order valence-corrected chi connectivity index (χ3v) is 8.00. The average molecular weight is 531 g/mol. The number of esters is 1. The predicted octanol–water partition coefficient (Wildman–Crippen LogP) is 5.30. The number of likely N-dealkylation sites (N-methyl/N-ethyl adjacent to an activating group) is 1. The Morgan fingerprint density at radius 2 is 1.66 bits per heavy atom. The van der Waals surface area contributed by atoms with Crippen LogP contribution in [-0.4, -0.2) is 78.0 Å². The fourth-order valence-corrected chi connectivity index (χ4v) is 5.06. The number of benzene rings is 1. The highest BCUT2D eigenvalue weighted by Gasteiger charge is 2.56. The van der Waals surface area contributed by atoms with E-state index in [9.17, 15) is 9.59 Å². The summed E-state index contributed by atoms with van der Waals surface area (Å²) < 4.78 is 24.0. The number of ether oxygens (including phenoxy) is 2. The minimum atomic E-state index is -1.11. The van der Waals surface area contributed by atoms with Crippen molar-refractivity contribution in [2.45, 2.75) is 115 Å². The number of unbranched alkanes of at least 4 members (excludes halogenated alkanes) is 1. The summed E-state index contributed by atoms with van der Waals surface area (Å²) in [5.74, 6) is -0.382. The van der Waals surface area contributed by atoms with Crippen LogP contribution in [0.5, 0.6) is 0 Å². The molecule has 2 atom stereocenters. The molecule has 38 heavy (non-hydrogen) atoms. The normalized spacial score (nSPS) is 24.6. The number of hydrogen-bond acceptors (Lipinski definition) is 7. The van der Waals surface area contributed by atoms with E-state index in [1.165, 1.54) is 0 Å². The molecule has 0 bridgehead atoms. The van der Waals surface area contributed by atoms with E-state index in [1.54, 1.807) is 4.90 Å². The van der Waals surface area contributed by atoms with Gasteiger partial charge in [0.05, 0.1) is 11.2 Å². The predicted molar refractivity (Wildman–Crippen MR) is 149 cm³/mol. The Balaban J connectivity index is 1.78. The van der Waals surface area contributed by atoms with Crippen LogP contribution in [0.3, 0.4) is 0 Å². The molecule has 1 aromatic rings. The molecular weight excluding hydrogens is 483 g/mol. The van der Waals surface area contributed by atoms with Gasteiger partial charge in [0.25, 0.3) is 0 Å². The first kappa shape index (κ1) is 30.4. The Hall–Kier alpha value is -2.10. The average Bonchev–Trinajstić information content (AvgIpc) is 3.29. The highest BCUT2D eigenvalue weighted by molar-refractivity contribution is 6.45. The Bertz CT molecular complexity index is 946. The molecular formula is C29H47BN2O6. The number of amides is 1. The topological polar surface area (TPSA) is 77.5 Å². The SMILES string of the molecule is CN(C)C1CN(C(=O)OC(C)(C)C)[C@](CCCCB2OC(C)(C)C(C)(C)O2)(C(=O)OCc2ccccc2)C1. The minimum absolute atomic E-state index is 0.00916. The number of rotatable bonds is 9. The molecule has 0 N–H and O–H groups in total. The molecule has 2 heterocycles. The zero-order valence-electron chi connectivity index (χ0n) is 24.8. The Labute approximate surface area is 229 Å². The van der Waals surface area contributed by atoms with Crippen molar-refractivity contribution < 1.29 is 28.4 Å². The fourth-order valence-electron chi connectivity index (χ4n) is 5.06. The molecule has 2 aliphatic heterocycles. The van der Waals surface area contributed by atoms with Gasteiger partial charge in [0.1, 0.15) is 17.7 Å². The number of carbonyl (C=O) groups is 2. The number of carbonyl (C=O) groups excluding carboxylic acids is 2. The first-order chi connectivity index (χ1) is 17.6. The molecule has 0 aromatic heterocycles. The fraction of sp³-hybridized carbons (Fsp3) is 0.724. The summed E-state index contributed by atoms with van der Waals surface area (Å²) in [6, 6.07) is 9.62. The van der Waals surface area contributed by atoms with Crippen molar-refractivity contribution in [2.24, 2.45) is 0 Å². The summed E-state index contributed by atoms with van der Waals surface area (Å²) in [7, 11) is 3.66. The van der Waals surface area contributed by atoms with E-state index in [2.05, 4.69) is 4.90 Å². The van der Waals surface area contributed by atoms with E-state index in [0.717, 1.165) is 12.0 Å². The number of nitrogens with zero attached hydrogens (tertiary/aromatic N) is 2. The van der Waals surface area contributed by atoms with Crippen LogP contribution in [0.15, 0.2) is 30.3 Å². The maximum atomic E-state index is 13.9. The molecule has 1 unspecified atom stereocenters.